The van der Waals surface area contributed by atoms with E-state index in [0.29, 0.717) is 17.2 Å². The normalized spacial score (nSPS) is 9.94. The molecule has 0 fully saturated rings. The van der Waals surface area contributed by atoms with Crippen molar-refractivity contribution in [1.29, 1.82) is 0 Å². The topological polar surface area (TPSA) is 80.4 Å². The largest absolute Gasteiger partial charge is 0.493 e. The number of nitrogen functional groups attached to an aromatic ring is 1. The number of ether oxygens (including phenoxy) is 1. The lowest BCUT2D eigenvalue weighted by Gasteiger charge is -2.09. The Kier molecular flexibility index (Phi) is 3.00. The van der Waals surface area contributed by atoms with Gasteiger partial charge >= 0.3 is 0 Å². The summed E-state index contributed by atoms with van der Waals surface area (Å²) in [6.07, 6.45) is 1.45. The molecular weight excluding hydrogens is 218 g/mol. The molecule has 5 nitrogen and oxygen atoms in total. The van der Waals surface area contributed by atoms with Gasteiger partial charge in [-0.3, -0.25) is 0 Å². The van der Waals surface area contributed by atoms with Crippen LogP contribution in [0.25, 0.3) is 0 Å². The maximum atomic E-state index is 9.05. The lowest BCUT2D eigenvalue weighted by atomic mass is 10.2. The van der Waals surface area contributed by atoms with Crippen molar-refractivity contribution in [3.05, 3.63) is 36.5 Å². The fourth-order valence-corrected chi connectivity index (χ4v) is 1.38. The first kappa shape index (κ1) is 11.1. The minimum absolute atomic E-state index is 0.0365. The zero-order valence-electron chi connectivity index (χ0n) is 9.34. The Morgan fingerprint density at radius 1 is 1.24 bits per heavy atom. The fraction of sp³-hybridized carbons (Fsp3) is 0.0833. The average molecular weight is 231 g/mol. The van der Waals surface area contributed by atoms with E-state index < -0.39 is 0 Å². The van der Waals surface area contributed by atoms with Crippen LogP contribution in [0.3, 0.4) is 0 Å². The van der Waals surface area contributed by atoms with Gasteiger partial charge in [0.2, 0.25) is 5.88 Å². The number of nitrogens with two attached hydrogens (primary N) is 1. The van der Waals surface area contributed by atoms with Gasteiger partial charge in [0.1, 0.15) is 11.5 Å². The zero-order chi connectivity index (χ0) is 12.3. The number of nitrogens with one attached hydrogen (secondary N) is 1. The van der Waals surface area contributed by atoms with E-state index in [-0.39, 0.29) is 5.88 Å². The van der Waals surface area contributed by atoms with E-state index in [9.17, 15) is 0 Å². The van der Waals surface area contributed by atoms with Gasteiger partial charge in [0, 0.05) is 19.2 Å². The number of pyridine rings is 1. The molecule has 2 aromatic rings. The Labute approximate surface area is 98.9 Å². The van der Waals surface area contributed by atoms with Crippen LogP contribution in [-0.4, -0.2) is 17.1 Å². The summed E-state index contributed by atoms with van der Waals surface area (Å²) in [6.45, 7) is 0. The molecule has 0 aliphatic heterocycles. The van der Waals surface area contributed by atoms with Crippen LogP contribution in [0.4, 0.5) is 11.4 Å². The van der Waals surface area contributed by atoms with Crippen molar-refractivity contribution >= 4 is 11.4 Å². The quantitative estimate of drug-likeness (QED) is 0.705. The highest BCUT2D eigenvalue weighted by Gasteiger charge is 2.02. The van der Waals surface area contributed by atoms with Crippen LogP contribution in [0.1, 0.15) is 0 Å². The summed E-state index contributed by atoms with van der Waals surface area (Å²) in [5.74, 6) is 1.16. The van der Waals surface area contributed by atoms with Crippen molar-refractivity contribution in [3.63, 3.8) is 0 Å². The van der Waals surface area contributed by atoms with Gasteiger partial charge in [-0.2, -0.15) is 0 Å². The predicted octanol–water partition coefficient (Wildman–Crippen LogP) is 2.20. The van der Waals surface area contributed by atoms with Gasteiger partial charge in [0.05, 0.1) is 17.6 Å². The number of nitrogens with zero attached hydrogens (tertiary/aromatic N) is 1. The lowest BCUT2D eigenvalue weighted by molar-refractivity contribution is 0.443. The lowest BCUT2D eigenvalue weighted by Crippen LogP contribution is -1.96. The third-order valence-electron chi connectivity index (χ3n) is 2.25. The molecule has 0 spiro atoms. The van der Waals surface area contributed by atoms with E-state index in [1.807, 2.05) is 0 Å². The fourth-order valence-electron chi connectivity index (χ4n) is 1.38. The molecule has 2 rings (SSSR count). The Morgan fingerprint density at radius 2 is 2.00 bits per heavy atom. The molecule has 17 heavy (non-hydrogen) atoms. The van der Waals surface area contributed by atoms with Crippen LogP contribution in [-0.2, 0) is 0 Å². The first-order valence-corrected chi connectivity index (χ1v) is 5.09. The molecule has 88 valence electrons. The van der Waals surface area contributed by atoms with Gasteiger partial charge in [-0.15, -0.1) is 0 Å². The minimum atomic E-state index is -0.0365. The number of anilines is 2. The Hall–Kier alpha value is -2.43. The van der Waals surface area contributed by atoms with E-state index in [2.05, 4.69) is 10.3 Å². The van der Waals surface area contributed by atoms with Gasteiger partial charge < -0.3 is 20.9 Å². The molecule has 0 atom stereocenters. The number of rotatable bonds is 3. The molecule has 0 aliphatic rings. The second-order valence-corrected chi connectivity index (χ2v) is 3.45. The second kappa shape index (κ2) is 4.61. The van der Waals surface area contributed by atoms with E-state index in [1.165, 1.54) is 12.3 Å². The molecule has 1 aromatic heterocycles. The summed E-state index contributed by atoms with van der Waals surface area (Å²) in [6, 6.07) is 8.42. The summed E-state index contributed by atoms with van der Waals surface area (Å²) in [5.41, 5.74) is 7.21. The Balaban J connectivity index is 2.21. The number of hydrogen-bond acceptors (Lipinski definition) is 5. The minimum Gasteiger partial charge on any atom is -0.493 e. The summed E-state index contributed by atoms with van der Waals surface area (Å²) in [7, 11) is 1.79. The molecule has 0 aliphatic carbocycles. The molecule has 0 radical (unpaired) electrons. The highest BCUT2D eigenvalue weighted by atomic mass is 16.5. The SMILES string of the molecule is CNc1cc(Oc2ccc(O)nc2)ccc1N. The number of hydrogen-bond donors (Lipinski definition) is 3. The molecule has 0 amide bonds. The molecule has 4 N–H and O–H groups in total. The van der Waals surface area contributed by atoms with E-state index in [0.717, 1.165) is 5.69 Å². The number of aromatic nitrogens is 1. The molecule has 1 aromatic carbocycles. The average Bonchev–Trinajstić information content (AvgIpc) is 2.34. The summed E-state index contributed by atoms with van der Waals surface area (Å²) in [5, 5.41) is 12.0. The number of benzene rings is 1. The van der Waals surface area contributed by atoms with E-state index >= 15 is 0 Å². The molecule has 0 saturated carbocycles. The first-order valence-electron chi connectivity index (χ1n) is 5.09. The second-order valence-electron chi connectivity index (χ2n) is 3.45. The van der Waals surface area contributed by atoms with Gasteiger partial charge in [0.15, 0.2) is 0 Å². The third kappa shape index (κ3) is 2.57. The standard InChI is InChI=1S/C12H13N3O2/c1-14-11-6-8(2-4-10(11)13)17-9-3-5-12(16)15-7-9/h2-7,14H,13H2,1H3,(H,15,16). The van der Waals surface area contributed by atoms with Gasteiger partial charge in [0.25, 0.3) is 0 Å². The molecule has 0 unspecified atom stereocenters. The van der Waals surface area contributed by atoms with Crippen LogP contribution >= 0.6 is 0 Å². The zero-order valence-corrected chi connectivity index (χ0v) is 9.34. The van der Waals surface area contributed by atoms with Crippen molar-refractivity contribution in [2.24, 2.45) is 0 Å². The molecular formula is C12H13N3O2. The van der Waals surface area contributed by atoms with Crippen molar-refractivity contribution in [2.45, 2.75) is 0 Å². The van der Waals surface area contributed by atoms with Crippen molar-refractivity contribution in [1.82, 2.24) is 4.98 Å². The van der Waals surface area contributed by atoms with Crippen LogP contribution in [0, 0.1) is 0 Å². The summed E-state index contributed by atoms with van der Waals surface area (Å²) < 4.78 is 5.56. The van der Waals surface area contributed by atoms with Crippen LogP contribution in [0.15, 0.2) is 36.5 Å². The summed E-state index contributed by atoms with van der Waals surface area (Å²) >= 11 is 0. The highest BCUT2D eigenvalue weighted by molar-refractivity contribution is 5.68. The molecule has 0 saturated heterocycles. The first-order chi connectivity index (χ1) is 8.19. The molecule has 5 heteroatoms. The van der Waals surface area contributed by atoms with Crippen molar-refractivity contribution in [3.8, 4) is 17.4 Å². The maximum absolute atomic E-state index is 9.05. The predicted molar refractivity (Wildman–Crippen MR) is 66.4 cm³/mol. The highest BCUT2D eigenvalue weighted by Crippen LogP contribution is 2.28. The third-order valence-corrected chi connectivity index (χ3v) is 2.25. The van der Waals surface area contributed by atoms with Gasteiger partial charge in [-0.1, -0.05) is 0 Å². The van der Waals surface area contributed by atoms with Gasteiger partial charge in [-0.05, 0) is 18.2 Å². The Morgan fingerprint density at radius 3 is 2.65 bits per heavy atom. The van der Waals surface area contributed by atoms with Crippen molar-refractivity contribution in [2.75, 3.05) is 18.1 Å². The molecule has 1 heterocycles. The summed E-state index contributed by atoms with van der Waals surface area (Å²) in [4.78, 5) is 3.73. The van der Waals surface area contributed by atoms with Crippen LogP contribution in [0.5, 0.6) is 17.4 Å². The van der Waals surface area contributed by atoms with E-state index in [4.69, 9.17) is 15.6 Å². The monoisotopic (exact) mass is 231 g/mol. The Bertz CT molecular complexity index is 512. The van der Waals surface area contributed by atoms with Crippen LogP contribution in [0.2, 0.25) is 0 Å². The van der Waals surface area contributed by atoms with Crippen LogP contribution < -0.4 is 15.8 Å². The van der Waals surface area contributed by atoms with Gasteiger partial charge in [-0.25, -0.2) is 4.98 Å². The van der Waals surface area contributed by atoms with E-state index in [1.54, 1.807) is 31.3 Å². The number of aromatic hydroxyl groups is 1. The van der Waals surface area contributed by atoms with Crippen molar-refractivity contribution < 1.29 is 9.84 Å². The molecule has 0 bridgehead atoms. The maximum Gasteiger partial charge on any atom is 0.210 e. The smallest absolute Gasteiger partial charge is 0.210 e.